The molecule has 0 atom stereocenters. The molecule has 0 N–H and O–H groups in total. The molecule has 10 aromatic rings. The van der Waals surface area contributed by atoms with Crippen LogP contribution in [0.1, 0.15) is 0 Å². The van der Waals surface area contributed by atoms with Crippen molar-refractivity contribution in [1.82, 2.24) is 19.5 Å². The first-order valence-corrected chi connectivity index (χ1v) is 18.8. The van der Waals surface area contributed by atoms with Gasteiger partial charge in [0.15, 0.2) is 17.5 Å². The summed E-state index contributed by atoms with van der Waals surface area (Å²) in [6.45, 7) is 0. The van der Waals surface area contributed by atoms with Crippen LogP contribution in [0.2, 0.25) is 0 Å². The van der Waals surface area contributed by atoms with Gasteiger partial charge in [-0.15, -0.1) is 32.8 Å². The van der Waals surface area contributed by atoms with Crippen molar-refractivity contribution in [2.45, 2.75) is 0 Å². The second kappa shape index (κ2) is 14.2. The fourth-order valence-corrected chi connectivity index (χ4v) is 8.12. The van der Waals surface area contributed by atoms with Gasteiger partial charge in [0, 0.05) is 43.9 Å². The SMILES string of the molecule is [B]c1c([B])c([B])c(-c2nc(-c3c([B])c([B])c([B])c([B])c3[B])nc(-c3cccc4c3oc3c(-c5ccc6c(c5)c5ccccc5n6-c5ccccc5)cccc34)n2)c([B])c1[B]. The first-order chi connectivity index (χ1) is 28.9. The van der Waals surface area contributed by atoms with Crippen molar-refractivity contribution in [3.63, 3.8) is 0 Å². The van der Waals surface area contributed by atoms with Gasteiger partial charge in [0.1, 0.15) is 89.6 Å². The van der Waals surface area contributed by atoms with E-state index in [0.717, 1.165) is 49.4 Å². The highest BCUT2D eigenvalue weighted by Gasteiger charge is 2.24. The lowest BCUT2D eigenvalue weighted by atomic mass is 9.60. The Bertz CT molecular complexity index is 3310. The van der Waals surface area contributed by atoms with E-state index in [-0.39, 0.29) is 83.2 Å². The minimum atomic E-state index is -0.00654. The topological polar surface area (TPSA) is 56.7 Å². The third kappa shape index (κ3) is 5.65. The molecule has 0 amide bonds. The third-order valence-corrected chi connectivity index (χ3v) is 11.2. The molecule has 0 aliphatic carbocycles. The Balaban J connectivity index is 1.21. The number of fused-ring (bicyclic) bond motifs is 6. The zero-order valence-corrected chi connectivity index (χ0v) is 31.9. The average Bonchev–Trinajstić information content (AvgIpc) is 3.82. The fraction of sp³-hybridized carbons (Fsp3) is 0. The van der Waals surface area contributed by atoms with Crippen molar-refractivity contribution in [3.8, 4) is 51.0 Å². The average molecular weight is 739 g/mol. The van der Waals surface area contributed by atoms with E-state index in [4.69, 9.17) is 97.8 Å². The predicted molar refractivity (Wildman–Crippen MR) is 257 cm³/mol. The molecule has 0 saturated heterocycles. The largest absolute Gasteiger partial charge is 0.455 e. The fourth-order valence-electron chi connectivity index (χ4n) is 8.12. The predicted octanol–water partition coefficient (Wildman–Crippen LogP) is -0.526. The summed E-state index contributed by atoms with van der Waals surface area (Å²) in [5.74, 6) is 0.137. The number of hydrogen-bond acceptors (Lipinski definition) is 4. The molecule has 0 saturated carbocycles. The van der Waals surface area contributed by atoms with E-state index in [1.54, 1.807) is 0 Å². The summed E-state index contributed by atoms with van der Waals surface area (Å²) >= 11 is 0. The summed E-state index contributed by atoms with van der Waals surface area (Å²) < 4.78 is 9.15. The maximum atomic E-state index is 6.87. The van der Waals surface area contributed by atoms with Crippen molar-refractivity contribution in [2.75, 3.05) is 0 Å². The van der Waals surface area contributed by atoms with E-state index in [2.05, 4.69) is 59.2 Å². The summed E-state index contributed by atoms with van der Waals surface area (Å²) in [7, 11) is 63.6. The Morgan fingerprint density at radius 1 is 0.367 bits per heavy atom. The van der Waals surface area contributed by atoms with Crippen LogP contribution in [0.3, 0.4) is 0 Å². The lowest BCUT2D eigenvalue weighted by molar-refractivity contribution is 0.670. The maximum Gasteiger partial charge on any atom is 0.167 e. The summed E-state index contributed by atoms with van der Waals surface area (Å²) in [5, 5.41) is 3.94. The summed E-state index contributed by atoms with van der Waals surface area (Å²) in [5.41, 5.74) is 7.20. The molecule has 0 spiro atoms. The molecular weight excluding hydrogens is 721 g/mol. The molecule has 0 bridgehead atoms. The highest BCUT2D eigenvalue weighted by atomic mass is 16.3. The van der Waals surface area contributed by atoms with Crippen LogP contribution in [0, 0.1) is 0 Å². The number of benzene rings is 7. The first-order valence-electron chi connectivity index (χ1n) is 18.8. The van der Waals surface area contributed by atoms with E-state index in [1.807, 2.05) is 54.6 Å². The van der Waals surface area contributed by atoms with Gasteiger partial charge >= 0.3 is 0 Å². The van der Waals surface area contributed by atoms with Crippen LogP contribution in [-0.4, -0.2) is 98.0 Å². The van der Waals surface area contributed by atoms with E-state index >= 15 is 0 Å². The Hall–Kier alpha value is -6.20. The van der Waals surface area contributed by atoms with Crippen LogP contribution in [0.15, 0.2) is 114 Å². The lowest BCUT2D eigenvalue weighted by Crippen LogP contribution is -2.55. The molecule has 3 aromatic heterocycles. The lowest BCUT2D eigenvalue weighted by Gasteiger charge is -2.22. The number of rotatable bonds is 5. The number of hydrogen-bond donors (Lipinski definition) is 0. The molecule has 10 rings (SSSR count). The van der Waals surface area contributed by atoms with Gasteiger partial charge in [-0.05, 0) is 42.0 Å². The molecule has 0 aliphatic rings. The van der Waals surface area contributed by atoms with Gasteiger partial charge in [0.05, 0.1) is 16.6 Å². The highest BCUT2D eigenvalue weighted by Crippen LogP contribution is 2.41. The summed E-state index contributed by atoms with van der Waals surface area (Å²) in [6, 6.07) is 37.0. The Morgan fingerprint density at radius 2 is 0.817 bits per heavy atom. The number of nitrogens with zero attached hydrogens (tertiary/aromatic N) is 4. The van der Waals surface area contributed by atoms with Crippen LogP contribution in [-0.2, 0) is 0 Å². The van der Waals surface area contributed by atoms with Crippen LogP contribution >= 0.6 is 0 Å². The molecule has 0 fully saturated rings. The zero-order valence-electron chi connectivity index (χ0n) is 31.9. The van der Waals surface area contributed by atoms with Gasteiger partial charge in [-0.2, -0.15) is 0 Å². The van der Waals surface area contributed by atoms with Crippen LogP contribution < -0.4 is 54.6 Å². The highest BCUT2D eigenvalue weighted by molar-refractivity contribution is 6.70. The Morgan fingerprint density at radius 3 is 1.40 bits per heavy atom. The molecule has 15 heteroatoms. The van der Waals surface area contributed by atoms with Crippen LogP contribution in [0.25, 0.3) is 94.7 Å². The first kappa shape index (κ1) is 38.0. The van der Waals surface area contributed by atoms with Gasteiger partial charge in [-0.1, -0.05) is 94.6 Å². The molecular formula is C45H18B10N4O. The normalized spacial score (nSPS) is 11.7. The molecule has 0 unspecified atom stereocenters. The molecule has 5 nitrogen and oxygen atoms in total. The van der Waals surface area contributed by atoms with Gasteiger partial charge in [-0.25, -0.2) is 15.0 Å². The van der Waals surface area contributed by atoms with Gasteiger partial charge in [0.25, 0.3) is 0 Å². The molecule has 60 heavy (non-hydrogen) atoms. The van der Waals surface area contributed by atoms with Crippen LogP contribution in [0.5, 0.6) is 0 Å². The van der Waals surface area contributed by atoms with E-state index in [0.29, 0.717) is 16.7 Å². The smallest absolute Gasteiger partial charge is 0.167 e. The van der Waals surface area contributed by atoms with Crippen molar-refractivity contribution in [1.29, 1.82) is 0 Å². The summed E-state index contributed by atoms with van der Waals surface area (Å²) in [6.07, 6.45) is 0. The van der Waals surface area contributed by atoms with Crippen LogP contribution in [0.4, 0.5) is 0 Å². The van der Waals surface area contributed by atoms with Crippen molar-refractivity contribution < 1.29 is 4.42 Å². The van der Waals surface area contributed by atoms with Gasteiger partial charge in [0.2, 0.25) is 0 Å². The van der Waals surface area contributed by atoms with E-state index in [9.17, 15) is 0 Å². The van der Waals surface area contributed by atoms with E-state index in [1.165, 1.54) is 0 Å². The standard InChI is InChI=1S/C45H18B10N4O/c46-31-29(32(47)36(51)39(54)35(31)50)44-56-43(57-45(58-44)30-33(48)37(52)40(55)38(53)34(30)49)25-14-7-13-24-23-12-6-11-21(41(23)60-42(24)25)19-16-17-28-26(18-19)22-10-4-5-15-27(22)59(28)20-8-2-1-3-9-20/h1-18H. The third-order valence-electron chi connectivity index (χ3n) is 11.2. The quantitative estimate of drug-likeness (QED) is 0.223. The monoisotopic (exact) mass is 740 g/mol. The van der Waals surface area contributed by atoms with Crippen molar-refractivity contribution in [2.24, 2.45) is 0 Å². The van der Waals surface area contributed by atoms with E-state index < -0.39 is 0 Å². The molecule has 254 valence electrons. The Kier molecular flexibility index (Phi) is 9.02. The molecule has 20 radical (unpaired) electrons. The van der Waals surface area contributed by atoms with Gasteiger partial charge < -0.3 is 8.98 Å². The zero-order chi connectivity index (χ0) is 41.7. The molecule has 0 aliphatic heterocycles. The molecule has 3 heterocycles. The number of aromatic nitrogens is 4. The van der Waals surface area contributed by atoms with Crippen molar-refractivity contribution >= 4 is 177 Å². The number of para-hydroxylation sites is 4. The summed E-state index contributed by atoms with van der Waals surface area (Å²) in [4.78, 5) is 14.5. The minimum Gasteiger partial charge on any atom is -0.455 e. The Labute approximate surface area is 359 Å². The maximum absolute atomic E-state index is 6.87. The minimum absolute atomic E-state index is 0.00654. The second-order valence-corrected chi connectivity index (χ2v) is 14.6. The second-order valence-electron chi connectivity index (χ2n) is 14.6. The van der Waals surface area contributed by atoms with Crippen molar-refractivity contribution in [3.05, 3.63) is 109 Å². The van der Waals surface area contributed by atoms with Gasteiger partial charge in [-0.3, -0.25) is 0 Å². The molecule has 7 aromatic carbocycles. The number of furan rings is 1.